The fraction of sp³-hybridized carbons (Fsp3) is 1.00. The van der Waals surface area contributed by atoms with Crippen LogP contribution in [-0.4, -0.2) is 13.4 Å². The van der Waals surface area contributed by atoms with Crippen molar-refractivity contribution in [1.82, 2.24) is 0 Å². The predicted molar refractivity (Wildman–Crippen MR) is 47.0 cm³/mol. The van der Waals surface area contributed by atoms with E-state index in [0.717, 1.165) is 0 Å². The second-order valence-corrected chi connectivity index (χ2v) is 16.2. The maximum Gasteiger partial charge on any atom is 0.341 e. The van der Waals surface area contributed by atoms with Crippen LogP contribution in [0, 0.1) is 0 Å². The summed E-state index contributed by atoms with van der Waals surface area (Å²) in [6, 6.07) is -2.51. The minimum Gasteiger partial charge on any atom is -0.151 e. The van der Waals surface area contributed by atoms with E-state index in [1.807, 2.05) is 0 Å². The van der Waals surface area contributed by atoms with E-state index >= 15 is 0 Å². The zero-order valence-electron chi connectivity index (χ0n) is 3.67. The summed E-state index contributed by atoms with van der Waals surface area (Å²) in [5.41, 5.74) is 0.431. The molecule has 0 aliphatic heterocycles. The Bertz CT molecular complexity index is 65.3. The molecule has 0 saturated carbocycles. The number of hydrogen-bond donors (Lipinski definition) is 0. The molecule has 0 rings (SSSR count). The molecule has 0 aromatic rings. The molecule has 0 atom stereocenters. The minimum absolute atomic E-state index is 0.431. The van der Waals surface area contributed by atoms with Crippen molar-refractivity contribution in [3.05, 3.63) is 0 Å². The smallest absolute Gasteiger partial charge is 0.151 e. The summed E-state index contributed by atoms with van der Waals surface area (Å²) in [5.74, 6) is 0. The molecule has 0 N–H and O–H groups in total. The summed E-state index contributed by atoms with van der Waals surface area (Å²) in [5, 5.41) is 0. The third kappa shape index (κ3) is 7.88. The van der Waals surface area contributed by atoms with Crippen LogP contribution in [0.4, 0.5) is 0 Å². The topological polar surface area (TPSA) is 0 Å². The monoisotopic (exact) mass is 246 g/mol. The summed E-state index contributed by atoms with van der Waals surface area (Å²) in [6.45, 7) is 0. The lowest BCUT2D eigenvalue weighted by Crippen LogP contribution is -2.14. The van der Waals surface area contributed by atoms with Crippen LogP contribution in [0.15, 0.2) is 0 Å². The average Bonchev–Trinajstić information content (AvgIpc) is 1.21. The largest absolute Gasteiger partial charge is 0.341 e. The van der Waals surface area contributed by atoms with Crippen molar-refractivity contribution in [2.24, 2.45) is 0 Å². The molecule has 0 aliphatic carbocycles. The molecule has 0 bridgehead atoms. The van der Waals surface area contributed by atoms with E-state index < -0.39 is 13.4 Å². The molecule has 0 heterocycles. The van der Waals surface area contributed by atoms with E-state index in [9.17, 15) is 0 Å². The summed E-state index contributed by atoms with van der Waals surface area (Å²) < 4.78 is 0. The van der Waals surface area contributed by atoms with Gasteiger partial charge in [0.1, 0.15) is 0 Å². The molecule has 0 aliphatic rings. The minimum atomic E-state index is -2.51. The Labute approximate surface area is 74.1 Å². The zero-order valence-corrected chi connectivity index (χ0v) is 9.61. The van der Waals surface area contributed by atoms with Gasteiger partial charge in [-0.2, -0.15) is 22.2 Å². The van der Waals surface area contributed by atoms with E-state index in [1.165, 1.54) is 0 Å². The summed E-state index contributed by atoms with van der Waals surface area (Å²) in [7, 11) is -1.69. The Morgan fingerprint density at radius 2 is 1.50 bits per heavy atom. The van der Waals surface area contributed by atoms with E-state index in [2.05, 4.69) is 0 Å². The summed E-state index contributed by atoms with van der Waals surface area (Å²) in [4.78, 5) is 0. The molecule has 0 radical (unpaired) electrons. The fourth-order valence-electron chi connectivity index (χ4n) is 0.175. The Balaban J connectivity index is 3.39. The van der Waals surface area contributed by atoms with Gasteiger partial charge in [-0.3, -0.25) is 0 Å². The number of rotatable bonds is 2. The highest BCUT2D eigenvalue weighted by Gasteiger charge is 2.28. The fourth-order valence-corrected chi connectivity index (χ4v) is 14.2. The van der Waals surface area contributed by atoms with Gasteiger partial charge in [0.15, 0.2) is 0 Å². The standard InChI is InChI=1S/CH3Cl5Si2/c2-7(3)1-8(4,5)6/h7H,1H2. The second-order valence-electron chi connectivity index (χ2n) is 1.21. The third-order valence-corrected chi connectivity index (χ3v) is 10.4. The van der Waals surface area contributed by atoms with Crippen molar-refractivity contribution in [2.45, 2.75) is 5.67 Å². The molecule has 0 saturated heterocycles. The maximum absolute atomic E-state index is 5.46. The normalized spacial score (nSPS) is 12.8. The quantitative estimate of drug-likeness (QED) is 0.521. The first-order valence-corrected chi connectivity index (χ1v) is 11.3. The molecule has 0 amide bonds. The summed E-state index contributed by atoms with van der Waals surface area (Å²) >= 11 is 27.3. The Morgan fingerprint density at radius 1 is 1.12 bits per heavy atom. The number of hydrogen-bond acceptors (Lipinski definition) is 0. The average molecular weight is 248 g/mol. The number of halogens is 5. The lowest BCUT2D eigenvalue weighted by Gasteiger charge is -2.04. The van der Waals surface area contributed by atoms with Crippen LogP contribution in [0.5, 0.6) is 0 Å². The zero-order chi connectivity index (χ0) is 6.78. The molecule has 0 aromatic heterocycles. The van der Waals surface area contributed by atoms with Crippen LogP contribution in [0.2, 0.25) is 5.67 Å². The van der Waals surface area contributed by atoms with Gasteiger partial charge in [0.05, 0.1) is 0 Å². The highest BCUT2D eigenvalue weighted by molar-refractivity contribution is 7.67. The van der Waals surface area contributed by atoms with Crippen LogP contribution >= 0.6 is 55.4 Å². The van der Waals surface area contributed by atoms with Gasteiger partial charge in [-0.15, -0.1) is 33.2 Å². The highest BCUT2D eigenvalue weighted by atomic mass is 35.8. The van der Waals surface area contributed by atoms with Gasteiger partial charge >= 0.3 is 6.00 Å². The van der Waals surface area contributed by atoms with Crippen LogP contribution in [0.1, 0.15) is 0 Å². The van der Waals surface area contributed by atoms with Gasteiger partial charge in [0.2, 0.25) is 7.42 Å². The van der Waals surface area contributed by atoms with Gasteiger partial charge in [-0.05, 0) is 0 Å². The molecule has 0 aromatic carbocycles. The molecule has 0 unspecified atom stereocenters. The molecule has 50 valence electrons. The lowest BCUT2D eigenvalue weighted by atomic mass is 11.9. The van der Waals surface area contributed by atoms with Gasteiger partial charge in [0.25, 0.3) is 0 Å². The van der Waals surface area contributed by atoms with E-state index in [-0.39, 0.29) is 0 Å². The van der Waals surface area contributed by atoms with Crippen LogP contribution < -0.4 is 0 Å². The van der Waals surface area contributed by atoms with Crippen molar-refractivity contribution in [3.8, 4) is 0 Å². The Kier molecular flexibility index (Phi) is 4.83. The van der Waals surface area contributed by atoms with Gasteiger partial charge in [-0.1, -0.05) is 0 Å². The first-order chi connectivity index (χ1) is 3.42. The van der Waals surface area contributed by atoms with E-state index in [0.29, 0.717) is 5.67 Å². The molecular weight excluding hydrogens is 245 g/mol. The van der Waals surface area contributed by atoms with Crippen molar-refractivity contribution < 1.29 is 0 Å². The molecule has 0 nitrogen and oxygen atoms in total. The third-order valence-electron chi connectivity index (χ3n) is 0.386. The molecule has 7 heteroatoms. The Morgan fingerprint density at radius 3 is 1.50 bits per heavy atom. The first-order valence-electron chi connectivity index (χ1n) is 1.77. The van der Waals surface area contributed by atoms with Gasteiger partial charge in [-0.25, -0.2) is 0 Å². The van der Waals surface area contributed by atoms with Crippen molar-refractivity contribution >= 4 is 68.8 Å². The maximum atomic E-state index is 5.46. The van der Waals surface area contributed by atoms with Crippen LogP contribution in [-0.2, 0) is 0 Å². The van der Waals surface area contributed by atoms with Crippen molar-refractivity contribution in [2.75, 3.05) is 0 Å². The van der Waals surface area contributed by atoms with Gasteiger partial charge in [0, 0.05) is 5.67 Å². The first kappa shape index (κ1) is 9.88. The van der Waals surface area contributed by atoms with Crippen LogP contribution in [0.3, 0.4) is 0 Å². The van der Waals surface area contributed by atoms with Crippen molar-refractivity contribution in [3.63, 3.8) is 0 Å². The van der Waals surface area contributed by atoms with E-state index in [1.54, 1.807) is 0 Å². The lowest BCUT2D eigenvalue weighted by molar-refractivity contribution is 2.04. The molecule has 8 heavy (non-hydrogen) atoms. The SMILES string of the molecule is Cl[SiH](Cl)C[Si](Cl)(Cl)Cl. The molecular formula is CH3Cl5Si2. The summed E-state index contributed by atoms with van der Waals surface area (Å²) in [6.07, 6.45) is 0. The molecule has 0 fully saturated rings. The molecule has 0 spiro atoms. The predicted octanol–water partition coefficient (Wildman–Crippen LogP) is 2.88. The highest BCUT2D eigenvalue weighted by Crippen LogP contribution is 2.27. The van der Waals surface area contributed by atoms with Crippen LogP contribution in [0.25, 0.3) is 0 Å². The van der Waals surface area contributed by atoms with E-state index in [4.69, 9.17) is 55.4 Å². The Hall–Kier alpha value is 1.88. The van der Waals surface area contributed by atoms with Crippen molar-refractivity contribution in [1.29, 1.82) is 0 Å². The van der Waals surface area contributed by atoms with Gasteiger partial charge < -0.3 is 0 Å². The second kappa shape index (κ2) is 3.91.